The van der Waals surface area contributed by atoms with E-state index in [1.165, 1.54) is 11.8 Å². The summed E-state index contributed by atoms with van der Waals surface area (Å²) in [6.07, 6.45) is 1.79. The Bertz CT molecular complexity index is 1250. The monoisotopic (exact) mass is 457 g/mol. The van der Waals surface area contributed by atoms with Gasteiger partial charge in [0, 0.05) is 0 Å². The quantitative estimate of drug-likeness (QED) is 0.529. The number of aliphatic imine (C=N–C) groups is 1. The van der Waals surface area contributed by atoms with Gasteiger partial charge in [-0.15, -0.1) is 0 Å². The fraction of sp³-hybridized carbons (Fsp3) is 0.115. The Kier molecular flexibility index (Phi) is 6.60. The average Bonchev–Trinajstić information content (AvgIpc) is 3.09. The van der Waals surface area contributed by atoms with Crippen molar-refractivity contribution in [3.8, 4) is 5.75 Å². The number of hydrogen-bond acceptors (Lipinski definition) is 5. The van der Waals surface area contributed by atoms with Crippen molar-refractivity contribution in [3.05, 3.63) is 94.4 Å². The van der Waals surface area contributed by atoms with Gasteiger partial charge in [-0.25, -0.2) is 4.99 Å². The van der Waals surface area contributed by atoms with Crippen LogP contribution in [-0.4, -0.2) is 23.6 Å². The molecule has 1 fully saturated rings. The Hall–Kier alpha value is -3.84. The normalized spacial score (nSPS) is 15.9. The van der Waals surface area contributed by atoms with E-state index < -0.39 is 5.91 Å². The minimum absolute atomic E-state index is 0.154. The molecule has 2 amide bonds. The molecule has 1 aliphatic heterocycles. The zero-order chi connectivity index (χ0) is 23.4. The molecular formula is C26H23N3O3S. The second-order valence-corrected chi connectivity index (χ2v) is 8.65. The molecule has 6 nitrogen and oxygen atoms in total. The van der Waals surface area contributed by atoms with Gasteiger partial charge in [-0.1, -0.05) is 47.5 Å². The Morgan fingerprint density at radius 1 is 1.03 bits per heavy atom. The SMILES string of the molecule is Cc1ccc(N=C2S/C(=C\c3cccc(OCC(N)=O)c3)C(=O)N2c2ccc(C)cc2)cc1. The van der Waals surface area contributed by atoms with E-state index in [1.54, 1.807) is 29.2 Å². The molecule has 0 bridgehead atoms. The zero-order valence-electron chi connectivity index (χ0n) is 18.3. The molecule has 0 saturated carbocycles. The van der Waals surface area contributed by atoms with Gasteiger partial charge in [0.2, 0.25) is 0 Å². The molecule has 0 atom stereocenters. The maximum atomic E-state index is 13.4. The summed E-state index contributed by atoms with van der Waals surface area (Å²) in [4.78, 5) is 31.3. The van der Waals surface area contributed by atoms with Crippen LogP contribution in [0, 0.1) is 13.8 Å². The molecule has 3 aromatic rings. The number of rotatable bonds is 6. The van der Waals surface area contributed by atoms with E-state index >= 15 is 0 Å². The molecule has 1 saturated heterocycles. The third kappa shape index (κ3) is 5.51. The van der Waals surface area contributed by atoms with Crippen LogP contribution in [0.15, 0.2) is 82.7 Å². The number of nitrogens with zero attached hydrogens (tertiary/aromatic N) is 2. The minimum Gasteiger partial charge on any atom is -0.484 e. The third-order valence-corrected chi connectivity index (χ3v) is 5.86. The number of benzene rings is 3. The number of aryl methyl sites for hydroxylation is 2. The van der Waals surface area contributed by atoms with E-state index in [0.717, 1.165) is 28.1 Å². The van der Waals surface area contributed by atoms with E-state index in [0.29, 0.717) is 15.8 Å². The Labute approximate surface area is 196 Å². The van der Waals surface area contributed by atoms with Crippen molar-refractivity contribution in [2.75, 3.05) is 11.5 Å². The molecule has 4 rings (SSSR count). The second kappa shape index (κ2) is 9.75. The van der Waals surface area contributed by atoms with Gasteiger partial charge in [0.15, 0.2) is 11.8 Å². The topological polar surface area (TPSA) is 85.0 Å². The van der Waals surface area contributed by atoms with Gasteiger partial charge >= 0.3 is 0 Å². The van der Waals surface area contributed by atoms with Crippen molar-refractivity contribution >= 4 is 46.2 Å². The van der Waals surface area contributed by atoms with Crippen LogP contribution in [0.2, 0.25) is 0 Å². The van der Waals surface area contributed by atoms with Crippen molar-refractivity contribution in [1.82, 2.24) is 0 Å². The first kappa shape index (κ1) is 22.4. The van der Waals surface area contributed by atoms with Crippen LogP contribution in [0.5, 0.6) is 5.75 Å². The van der Waals surface area contributed by atoms with Gasteiger partial charge in [-0.3, -0.25) is 14.5 Å². The number of thioether (sulfide) groups is 1. The molecule has 0 radical (unpaired) electrons. The van der Waals surface area contributed by atoms with Gasteiger partial charge in [-0.2, -0.15) is 0 Å². The Morgan fingerprint density at radius 3 is 2.36 bits per heavy atom. The first-order chi connectivity index (χ1) is 15.9. The van der Waals surface area contributed by atoms with Gasteiger partial charge in [0.1, 0.15) is 5.75 Å². The summed E-state index contributed by atoms with van der Waals surface area (Å²) in [7, 11) is 0. The molecule has 0 aliphatic carbocycles. The number of carbonyl (C=O) groups is 2. The zero-order valence-corrected chi connectivity index (χ0v) is 19.1. The lowest BCUT2D eigenvalue weighted by atomic mass is 10.2. The van der Waals surface area contributed by atoms with Gasteiger partial charge in [0.05, 0.1) is 16.3 Å². The van der Waals surface area contributed by atoms with Crippen molar-refractivity contribution in [3.63, 3.8) is 0 Å². The summed E-state index contributed by atoms with van der Waals surface area (Å²) < 4.78 is 5.38. The highest BCUT2D eigenvalue weighted by Gasteiger charge is 2.34. The van der Waals surface area contributed by atoms with Crippen LogP contribution < -0.4 is 15.4 Å². The highest BCUT2D eigenvalue weighted by Crippen LogP contribution is 2.37. The number of hydrogen-bond donors (Lipinski definition) is 1. The van der Waals surface area contributed by atoms with E-state index in [9.17, 15) is 9.59 Å². The smallest absolute Gasteiger partial charge is 0.271 e. The fourth-order valence-corrected chi connectivity index (χ4v) is 4.20. The first-order valence-electron chi connectivity index (χ1n) is 10.4. The summed E-state index contributed by atoms with van der Waals surface area (Å²) in [6.45, 7) is 3.82. The molecule has 1 aliphatic rings. The summed E-state index contributed by atoms with van der Waals surface area (Å²) in [5.41, 5.74) is 9.71. The Morgan fingerprint density at radius 2 is 1.70 bits per heavy atom. The van der Waals surface area contributed by atoms with Crippen LogP contribution in [0.1, 0.15) is 16.7 Å². The number of anilines is 1. The summed E-state index contributed by atoms with van der Waals surface area (Å²) >= 11 is 1.32. The predicted molar refractivity (Wildman–Crippen MR) is 134 cm³/mol. The molecule has 0 spiro atoms. The van der Waals surface area contributed by atoms with Gasteiger partial charge in [0.25, 0.3) is 11.8 Å². The van der Waals surface area contributed by atoms with Crippen LogP contribution in [0.25, 0.3) is 6.08 Å². The van der Waals surface area contributed by atoms with Crippen molar-refractivity contribution in [2.45, 2.75) is 13.8 Å². The number of carbonyl (C=O) groups excluding carboxylic acids is 2. The lowest BCUT2D eigenvalue weighted by Crippen LogP contribution is -2.28. The molecule has 166 valence electrons. The lowest BCUT2D eigenvalue weighted by Gasteiger charge is -2.16. The summed E-state index contributed by atoms with van der Waals surface area (Å²) in [5, 5.41) is 0.583. The minimum atomic E-state index is -0.550. The molecule has 1 heterocycles. The fourth-order valence-electron chi connectivity index (χ4n) is 3.20. The van der Waals surface area contributed by atoms with E-state index in [4.69, 9.17) is 15.5 Å². The van der Waals surface area contributed by atoms with Crippen LogP contribution in [0.4, 0.5) is 11.4 Å². The Balaban J connectivity index is 1.69. The number of nitrogens with two attached hydrogens (primary N) is 1. The van der Waals surface area contributed by atoms with Crippen molar-refractivity contribution in [2.24, 2.45) is 10.7 Å². The van der Waals surface area contributed by atoms with Crippen LogP contribution >= 0.6 is 11.8 Å². The van der Waals surface area contributed by atoms with Crippen molar-refractivity contribution < 1.29 is 14.3 Å². The number of amides is 2. The van der Waals surface area contributed by atoms with Gasteiger partial charge in [-0.05, 0) is 73.6 Å². The highest BCUT2D eigenvalue weighted by atomic mass is 32.2. The highest BCUT2D eigenvalue weighted by molar-refractivity contribution is 8.19. The maximum absolute atomic E-state index is 13.4. The lowest BCUT2D eigenvalue weighted by molar-refractivity contribution is -0.120. The second-order valence-electron chi connectivity index (χ2n) is 7.64. The molecule has 2 N–H and O–H groups in total. The number of ether oxygens (including phenoxy) is 1. The molecule has 0 unspecified atom stereocenters. The molecule has 3 aromatic carbocycles. The summed E-state index contributed by atoms with van der Waals surface area (Å²) in [5.74, 6) is -0.202. The predicted octanol–water partition coefficient (Wildman–Crippen LogP) is 4.98. The molecule has 33 heavy (non-hydrogen) atoms. The molecular weight excluding hydrogens is 434 g/mol. The first-order valence-corrected chi connectivity index (χ1v) is 11.2. The van der Waals surface area contributed by atoms with E-state index in [-0.39, 0.29) is 12.5 Å². The van der Waals surface area contributed by atoms with Crippen LogP contribution in [-0.2, 0) is 9.59 Å². The van der Waals surface area contributed by atoms with Crippen molar-refractivity contribution in [1.29, 1.82) is 0 Å². The van der Waals surface area contributed by atoms with Crippen LogP contribution in [0.3, 0.4) is 0 Å². The largest absolute Gasteiger partial charge is 0.484 e. The number of primary amides is 1. The van der Waals surface area contributed by atoms with E-state index in [2.05, 4.69) is 0 Å². The summed E-state index contributed by atoms with van der Waals surface area (Å²) in [6, 6.07) is 22.8. The standard InChI is InChI=1S/C26H23N3O3S/c1-17-6-10-20(11-7-17)28-26-29(21-12-8-18(2)9-13-21)25(31)23(33-26)15-19-4-3-5-22(14-19)32-16-24(27)30/h3-15H,16H2,1-2H3,(H2,27,30)/b23-15-,28-26?. The van der Waals surface area contributed by atoms with E-state index in [1.807, 2.05) is 68.4 Å². The average molecular weight is 458 g/mol. The molecule has 0 aromatic heterocycles. The third-order valence-electron chi connectivity index (χ3n) is 4.89. The molecule has 7 heteroatoms. The van der Waals surface area contributed by atoms with Gasteiger partial charge < -0.3 is 10.5 Å². The number of amidine groups is 1. The maximum Gasteiger partial charge on any atom is 0.271 e.